The minimum Gasteiger partial charge on any atom is -0.493 e. The molecule has 1 rings (SSSR count). The zero-order valence-corrected chi connectivity index (χ0v) is 13.6. The molecule has 0 aliphatic heterocycles. The predicted molar refractivity (Wildman–Crippen MR) is 82.6 cm³/mol. The van der Waals surface area contributed by atoms with E-state index in [9.17, 15) is 14.7 Å². The van der Waals surface area contributed by atoms with Crippen LogP contribution in [0, 0.1) is 12.8 Å². The molecule has 0 unspecified atom stereocenters. The number of hydrogen-bond donors (Lipinski definition) is 2. The van der Waals surface area contributed by atoms with Crippen LogP contribution in [0.25, 0.3) is 0 Å². The van der Waals surface area contributed by atoms with Crippen molar-refractivity contribution in [2.24, 2.45) is 5.92 Å². The number of rotatable bonds is 7. The molecule has 0 bridgehead atoms. The number of ether oxygens (including phenoxy) is 2. The van der Waals surface area contributed by atoms with Gasteiger partial charge in [0.05, 0.1) is 14.2 Å². The van der Waals surface area contributed by atoms with Crippen LogP contribution in [0.2, 0.25) is 0 Å². The van der Waals surface area contributed by atoms with Gasteiger partial charge in [-0.1, -0.05) is 13.8 Å². The molecule has 6 nitrogen and oxygen atoms in total. The second-order valence-electron chi connectivity index (χ2n) is 5.52. The van der Waals surface area contributed by atoms with Gasteiger partial charge in [0.25, 0.3) is 5.91 Å². The van der Waals surface area contributed by atoms with Crippen LogP contribution in [0.5, 0.6) is 11.5 Å². The van der Waals surface area contributed by atoms with Gasteiger partial charge in [-0.15, -0.1) is 0 Å². The minimum atomic E-state index is -1.04. The first-order chi connectivity index (χ1) is 10.3. The van der Waals surface area contributed by atoms with Gasteiger partial charge < -0.3 is 19.9 Å². The highest BCUT2D eigenvalue weighted by Gasteiger charge is 2.23. The van der Waals surface area contributed by atoms with Crippen molar-refractivity contribution in [2.75, 3.05) is 14.2 Å². The van der Waals surface area contributed by atoms with Crippen molar-refractivity contribution in [2.45, 2.75) is 33.2 Å². The van der Waals surface area contributed by atoms with Crippen LogP contribution in [0.4, 0.5) is 0 Å². The van der Waals surface area contributed by atoms with Crippen molar-refractivity contribution in [1.82, 2.24) is 5.32 Å². The number of aliphatic carboxylic acids is 1. The molecule has 6 heteroatoms. The Balaban J connectivity index is 3.04. The number of benzene rings is 1. The molecule has 1 aromatic carbocycles. The summed E-state index contributed by atoms with van der Waals surface area (Å²) in [5, 5.41) is 11.8. The average Bonchev–Trinajstić information content (AvgIpc) is 2.45. The molecule has 0 aliphatic carbocycles. The Kier molecular flexibility index (Phi) is 6.22. The van der Waals surface area contributed by atoms with Crippen molar-refractivity contribution < 1.29 is 24.2 Å². The highest BCUT2D eigenvalue weighted by atomic mass is 16.5. The largest absolute Gasteiger partial charge is 0.493 e. The normalized spacial score (nSPS) is 11.9. The van der Waals surface area contributed by atoms with Crippen LogP contribution in [-0.4, -0.2) is 37.2 Å². The van der Waals surface area contributed by atoms with E-state index in [1.807, 2.05) is 13.8 Å². The fourth-order valence-electron chi connectivity index (χ4n) is 2.15. The summed E-state index contributed by atoms with van der Waals surface area (Å²) in [5.74, 6) is -0.373. The average molecular weight is 309 g/mol. The maximum absolute atomic E-state index is 12.4. The van der Waals surface area contributed by atoms with Gasteiger partial charge in [0, 0.05) is 5.56 Å². The molecular weight excluding hydrogens is 286 g/mol. The van der Waals surface area contributed by atoms with E-state index in [1.54, 1.807) is 19.1 Å². The molecule has 0 heterocycles. The third kappa shape index (κ3) is 4.38. The Morgan fingerprint density at radius 2 is 1.73 bits per heavy atom. The number of nitrogens with one attached hydrogen (secondary N) is 1. The third-order valence-corrected chi connectivity index (χ3v) is 3.29. The van der Waals surface area contributed by atoms with Gasteiger partial charge in [-0.25, -0.2) is 4.79 Å². The van der Waals surface area contributed by atoms with Crippen molar-refractivity contribution in [3.05, 3.63) is 23.3 Å². The molecule has 0 saturated carbocycles. The first-order valence-electron chi connectivity index (χ1n) is 7.06. The summed E-state index contributed by atoms with van der Waals surface area (Å²) < 4.78 is 10.4. The number of carbonyl (C=O) groups is 2. The molecule has 0 saturated heterocycles. The second-order valence-corrected chi connectivity index (χ2v) is 5.52. The van der Waals surface area contributed by atoms with Crippen molar-refractivity contribution >= 4 is 11.9 Å². The molecule has 1 amide bonds. The fraction of sp³-hybridized carbons (Fsp3) is 0.500. The zero-order chi connectivity index (χ0) is 16.9. The summed E-state index contributed by atoms with van der Waals surface area (Å²) in [5.41, 5.74) is 1.05. The van der Waals surface area contributed by atoms with E-state index in [4.69, 9.17) is 9.47 Å². The van der Waals surface area contributed by atoms with Gasteiger partial charge in [-0.05, 0) is 37.0 Å². The zero-order valence-electron chi connectivity index (χ0n) is 13.6. The number of carboxylic acid groups (broad SMARTS) is 1. The molecular formula is C16H23NO5. The molecule has 0 fully saturated rings. The van der Waals surface area contributed by atoms with E-state index in [0.717, 1.165) is 0 Å². The first-order valence-corrected chi connectivity index (χ1v) is 7.06. The lowest BCUT2D eigenvalue weighted by Crippen LogP contribution is -2.41. The lowest BCUT2D eigenvalue weighted by Gasteiger charge is -2.18. The number of methoxy groups -OCH3 is 2. The van der Waals surface area contributed by atoms with Gasteiger partial charge in [0.1, 0.15) is 6.04 Å². The van der Waals surface area contributed by atoms with Gasteiger partial charge in [-0.2, -0.15) is 0 Å². The highest BCUT2D eigenvalue weighted by Crippen LogP contribution is 2.30. The Morgan fingerprint density at radius 1 is 1.18 bits per heavy atom. The molecule has 0 radical (unpaired) electrons. The Labute approximate surface area is 130 Å². The molecule has 122 valence electrons. The van der Waals surface area contributed by atoms with Crippen molar-refractivity contribution in [1.29, 1.82) is 0 Å². The van der Waals surface area contributed by atoms with Gasteiger partial charge >= 0.3 is 5.97 Å². The summed E-state index contributed by atoms with van der Waals surface area (Å²) in [7, 11) is 2.99. The van der Waals surface area contributed by atoms with Crippen LogP contribution >= 0.6 is 0 Å². The van der Waals surface area contributed by atoms with Gasteiger partial charge in [0.2, 0.25) is 0 Å². The summed E-state index contributed by atoms with van der Waals surface area (Å²) in [6, 6.07) is 2.32. The van der Waals surface area contributed by atoms with Crippen LogP contribution < -0.4 is 14.8 Å². The molecule has 0 aromatic heterocycles. The quantitative estimate of drug-likeness (QED) is 0.807. The second kappa shape index (κ2) is 7.68. The summed E-state index contributed by atoms with van der Waals surface area (Å²) in [4.78, 5) is 23.6. The standard InChI is InChI=1S/C16H23NO5/c1-9(2)6-12(16(19)20)17-15(18)11-8-14(22-5)13(21-4)7-10(11)3/h7-9,12H,6H2,1-5H3,(H,17,18)(H,19,20)/t12-/m0/s1. The Hall–Kier alpha value is -2.24. The summed E-state index contributed by atoms with van der Waals surface area (Å²) in [6.45, 7) is 5.57. The number of carbonyl (C=O) groups excluding carboxylic acids is 1. The predicted octanol–water partition coefficient (Wildman–Crippen LogP) is 2.24. The topological polar surface area (TPSA) is 84.9 Å². The monoisotopic (exact) mass is 309 g/mol. The van der Waals surface area contributed by atoms with Crippen molar-refractivity contribution in [3.8, 4) is 11.5 Å². The Morgan fingerprint density at radius 3 is 2.18 bits per heavy atom. The number of carboxylic acids is 1. The van der Waals surface area contributed by atoms with Crippen LogP contribution in [0.15, 0.2) is 12.1 Å². The first kappa shape index (κ1) is 17.8. The maximum Gasteiger partial charge on any atom is 0.326 e. The highest BCUT2D eigenvalue weighted by molar-refractivity contribution is 5.98. The molecule has 1 atom stereocenters. The number of aryl methyl sites for hydroxylation is 1. The van der Waals surface area contributed by atoms with E-state index in [1.165, 1.54) is 14.2 Å². The van der Waals surface area contributed by atoms with Crippen LogP contribution in [-0.2, 0) is 4.79 Å². The van der Waals surface area contributed by atoms with Crippen LogP contribution in [0.3, 0.4) is 0 Å². The van der Waals surface area contributed by atoms with E-state index in [2.05, 4.69) is 5.32 Å². The molecule has 22 heavy (non-hydrogen) atoms. The minimum absolute atomic E-state index is 0.160. The molecule has 0 spiro atoms. The Bertz CT molecular complexity index is 554. The number of hydrogen-bond acceptors (Lipinski definition) is 4. The van der Waals surface area contributed by atoms with Gasteiger partial charge in [0.15, 0.2) is 11.5 Å². The maximum atomic E-state index is 12.4. The number of amides is 1. The third-order valence-electron chi connectivity index (χ3n) is 3.29. The van der Waals surface area contributed by atoms with E-state index >= 15 is 0 Å². The summed E-state index contributed by atoms with van der Waals surface area (Å²) >= 11 is 0. The lowest BCUT2D eigenvalue weighted by atomic mass is 10.0. The van der Waals surface area contributed by atoms with Crippen molar-refractivity contribution in [3.63, 3.8) is 0 Å². The smallest absolute Gasteiger partial charge is 0.326 e. The fourth-order valence-corrected chi connectivity index (χ4v) is 2.15. The van der Waals surface area contributed by atoms with E-state index in [-0.39, 0.29) is 5.92 Å². The molecule has 2 N–H and O–H groups in total. The van der Waals surface area contributed by atoms with Gasteiger partial charge in [-0.3, -0.25) is 4.79 Å². The summed E-state index contributed by atoms with van der Waals surface area (Å²) in [6.07, 6.45) is 0.368. The van der Waals surface area contributed by atoms with E-state index in [0.29, 0.717) is 29.0 Å². The SMILES string of the molecule is COc1cc(C)c(C(=O)N[C@@H](CC(C)C)C(=O)O)cc1OC. The molecule has 1 aromatic rings. The van der Waals surface area contributed by atoms with Crippen LogP contribution in [0.1, 0.15) is 36.2 Å². The van der Waals surface area contributed by atoms with E-state index < -0.39 is 17.9 Å². The lowest BCUT2D eigenvalue weighted by molar-refractivity contribution is -0.139. The molecule has 0 aliphatic rings.